The fourth-order valence-corrected chi connectivity index (χ4v) is 3.91. The van der Waals surface area contributed by atoms with Crippen LogP contribution in [0.25, 0.3) is 0 Å². The predicted molar refractivity (Wildman–Crippen MR) is 142 cm³/mol. The molecule has 0 spiro atoms. The molecule has 5 heteroatoms. The maximum absolute atomic E-state index is 12.6. The molecule has 0 amide bonds. The summed E-state index contributed by atoms with van der Waals surface area (Å²) >= 11 is 0. The zero-order valence-corrected chi connectivity index (χ0v) is 22.1. The Kier molecular flexibility index (Phi) is 14.6. The SMILES string of the molecule is CCCCCCCCCOc1ccc(C(CC)OC(=O)c2ccc(OCCCCCC)cn2)cc1. The number of unbranched alkanes of at least 4 members (excludes halogenated alkanes) is 9. The highest BCUT2D eigenvalue weighted by Gasteiger charge is 2.17. The summed E-state index contributed by atoms with van der Waals surface area (Å²) < 4.78 is 17.3. The third-order valence-corrected chi connectivity index (χ3v) is 6.10. The van der Waals surface area contributed by atoms with Crippen LogP contribution in [0, 0.1) is 0 Å². The Morgan fingerprint density at radius 3 is 1.83 bits per heavy atom. The molecule has 1 aromatic heterocycles. The Bertz CT molecular complexity index is 804. The van der Waals surface area contributed by atoms with Gasteiger partial charge in [0.1, 0.15) is 23.3 Å². The average molecular weight is 484 g/mol. The first-order chi connectivity index (χ1) is 17.2. The Balaban J connectivity index is 1.74. The number of pyridine rings is 1. The monoisotopic (exact) mass is 483 g/mol. The molecule has 2 aromatic rings. The van der Waals surface area contributed by atoms with Crippen molar-refractivity contribution in [3.8, 4) is 11.5 Å². The highest BCUT2D eigenvalue weighted by Crippen LogP contribution is 2.25. The van der Waals surface area contributed by atoms with Crippen molar-refractivity contribution in [2.75, 3.05) is 13.2 Å². The van der Waals surface area contributed by atoms with Gasteiger partial charge in [0.05, 0.1) is 19.4 Å². The van der Waals surface area contributed by atoms with E-state index in [1.165, 1.54) is 57.8 Å². The number of esters is 1. The Morgan fingerprint density at radius 1 is 0.714 bits per heavy atom. The standard InChI is InChI=1S/C30H45NO4/c1-4-7-9-11-12-13-15-22-33-26-18-16-25(17-19-26)29(6-3)35-30(32)28-21-20-27(24-31-28)34-23-14-10-8-5-2/h16-21,24,29H,4-15,22-23H2,1-3H3. The van der Waals surface area contributed by atoms with Gasteiger partial charge in [0, 0.05) is 0 Å². The van der Waals surface area contributed by atoms with E-state index >= 15 is 0 Å². The van der Waals surface area contributed by atoms with E-state index in [1.807, 2.05) is 31.2 Å². The molecule has 1 heterocycles. The van der Waals surface area contributed by atoms with Gasteiger partial charge in [0.2, 0.25) is 0 Å². The molecule has 0 saturated carbocycles. The number of rotatable bonds is 19. The van der Waals surface area contributed by atoms with E-state index in [4.69, 9.17) is 14.2 Å². The minimum atomic E-state index is -0.425. The molecule has 1 unspecified atom stereocenters. The van der Waals surface area contributed by atoms with Crippen LogP contribution >= 0.6 is 0 Å². The zero-order chi connectivity index (χ0) is 25.1. The van der Waals surface area contributed by atoms with Crippen molar-refractivity contribution in [1.82, 2.24) is 4.98 Å². The van der Waals surface area contributed by atoms with Crippen LogP contribution in [0.3, 0.4) is 0 Å². The number of hydrogen-bond donors (Lipinski definition) is 0. The second kappa shape index (κ2) is 17.8. The molecular formula is C30H45NO4. The number of hydrogen-bond acceptors (Lipinski definition) is 5. The van der Waals surface area contributed by atoms with Crippen molar-refractivity contribution in [1.29, 1.82) is 0 Å². The van der Waals surface area contributed by atoms with Gasteiger partial charge in [-0.1, -0.05) is 90.7 Å². The van der Waals surface area contributed by atoms with Crippen LogP contribution in [0.5, 0.6) is 11.5 Å². The van der Waals surface area contributed by atoms with E-state index in [0.29, 0.717) is 18.8 Å². The number of nitrogens with zero attached hydrogens (tertiary/aromatic N) is 1. The third-order valence-electron chi connectivity index (χ3n) is 6.10. The summed E-state index contributed by atoms with van der Waals surface area (Å²) in [5.74, 6) is 1.11. The van der Waals surface area contributed by atoms with Gasteiger partial charge < -0.3 is 14.2 Å². The topological polar surface area (TPSA) is 57.7 Å². The molecule has 1 aromatic carbocycles. The van der Waals surface area contributed by atoms with E-state index in [2.05, 4.69) is 18.8 Å². The minimum absolute atomic E-state index is 0.288. The van der Waals surface area contributed by atoms with Gasteiger partial charge in [0.25, 0.3) is 0 Å². The first-order valence-corrected chi connectivity index (χ1v) is 13.7. The maximum atomic E-state index is 12.6. The van der Waals surface area contributed by atoms with Gasteiger partial charge >= 0.3 is 5.97 Å². The van der Waals surface area contributed by atoms with E-state index in [9.17, 15) is 4.79 Å². The minimum Gasteiger partial charge on any atom is -0.494 e. The van der Waals surface area contributed by atoms with Gasteiger partial charge in [-0.05, 0) is 49.1 Å². The van der Waals surface area contributed by atoms with Crippen LogP contribution in [0.15, 0.2) is 42.6 Å². The van der Waals surface area contributed by atoms with E-state index in [-0.39, 0.29) is 11.8 Å². The normalized spacial score (nSPS) is 11.7. The van der Waals surface area contributed by atoms with Crippen molar-refractivity contribution in [3.05, 3.63) is 53.9 Å². The lowest BCUT2D eigenvalue weighted by atomic mass is 10.1. The molecule has 0 aliphatic rings. The second-order valence-corrected chi connectivity index (χ2v) is 9.13. The summed E-state index contributed by atoms with van der Waals surface area (Å²) in [6, 6.07) is 11.3. The number of aromatic nitrogens is 1. The van der Waals surface area contributed by atoms with Crippen LogP contribution in [0.2, 0.25) is 0 Å². The number of ether oxygens (including phenoxy) is 3. The van der Waals surface area contributed by atoms with Crippen LogP contribution in [-0.2, 0) is 4.74 Å². The number of carbonyl (C=O) groups excluding carboxylic acids is 1. The van der Waals surface area contributed by atoms with Crippen LogP contribution in [0.1, 0.15) is 120 Å². The Hall–Kier alpha value is -2.56. The van der Waals surface area contributed by atoms with Gasteiger partial charge in [-0.2, -0.15) is 0 Å². The fraction of sp³-hybridized carbons (Fsp3) is 0.600. The lowest BCUT2D eigenvalue weighted by molar-refractivity contribution is 0.0280. The Labute approximate surface area is 212 Å². The van der Waals surface area contributed by atoms with Crippen molar-refractivity contribution in [2.24, 2.45) is 0 Å². The fourth-order valence-electron chi connectivity index (χ4n) is 3.91. The number of carbonyl (C=O) groups is 1. The highest BCUT2D eigenvalue weighted by molar-refractivity contribution is 5.87. The van der Waals surface area contributed by atoms with E-state index < -0.39 is 5.97 Å². The van der Waals surface area contributed by atoms with Crippen LogP contribution in [-0.4, -0.2) is 24.2 Å². The highest BCUT2D eigenvalue weighted by atomic mass is 16.5. The molecule has 5 nitrogen and oxygen atoms in total. The molecule has 0 aliphatic heterocycles. The Morgan fingerprint density at radius 2 is 1.26 bits per heavy atom. The predicted octanol–water partition coefficient (Wildman–Crippen LogP) is 8.48. The lowest BCUT2D eigenvalue weighted by Gasteiger charge is -2.17. The van der Waals surface area contributed by atoms with Crippen molar-refractivity contribution < 1.29 is 19.0 Å². The van der Waals surface area contributed by atoms with Gasteiger partial charge in [-0.3, -0.25) is 0 Å². The molecule has 0 bridgehead atoms. The second-order valence-electron chi connectivity index (χ2n) is 9.13. The summed E-state index contributed by atoms with van der Waals surface area (Å²) in [7, 11) is 0. The van der Waals surface area contributed by atoms with Crippen molar-refractivity contribution >= 4 is 5.97 Å². The summed E-state index contributed by atoms with van der Waals surface area (Å²) in [5.41, 5.74) is 1.24. The van der Waals surface area contributed by atoms with Gasteiger partial charge in [0.15, 0.2) is 0 Å². The zero-order valence-electron chi connectivity index (χ0n) is 22.1. The van der Waals surface area contributed by atoms with E-state index in [0.717, 1.165) is 30.8 Å². The average Bonchev–Trinajstić information content (AvgIpc) is 2.89. The third kappa shape index (κ3) is 11.6. The molecule has 194 valence electrons. The molecule has 0 fully saturated rings. The first-order valence-electron chi connectivity index (χ1n) is 13.7. The molecule has 0 saturated heterocycles. The smallest absolute Gasteiger partial charge is 0.357 e. The molecular weight excluding hydrogens is 438 g/mol. The summed E-state index contributed by atoms with van der Waals surface area (Å²) in [4.78, 5) is 16.9. The molecule has 0 N–H and O–H groups in total. The molecule has 2 rings (SSSR count). The largest absolute Gasteiger partial charge is 0.494 e. The molecule has 0 radical (unpaired) electrons. The molecule has 35 heavy (non-hydrogen) atoms. The maximum Gasteiger partial charge on any atom is 0.357 e. The quantitative estimate of drug-likeness (QED) is 0.148. The lowest BCUT2D eigenvalue weighted by Crippen LogP contribution is -2.12. The van der Waals surface area contributed by atoms with Crippen molar-refractivity contribution in [2.45, 2.75) is 104 Å². The first kappa shape index (κ1) is 28.7. The van der Waals surface area contributed by atoms with Crippen LogP contribution < -0.4 is 9.47 Å². The molecule has 0 aliphatic carbocycles. The summed E-state index contributed by atoms with van der Waals surface area (Å²) in [5, 5.41) is 0. The van der Waals surface area contributed by atoms with Crippen LogP contribution in [0.4, 0.5) is 0 Å². The van der Waals surface area contributed by atoms with Crippen molar-refractivity contribution in [3.63, 3.8) is 0 Å². The van der Waals surface area contributed by atoms with Gasteiger partial charge in [-0.25, -0.2) is 9.78 Å². The summed E-state index contributed by atoms with van der Waals surface area (Å²) in [6.45, 7) is 7.85. The van der Waals surface area contributed by atoms with Gasteiger partial charge in [-0.15, -0.1) is 0 Å². The van der Waals surface area contributed by atoms with E-state index in [1.54, 1.807) is 18.3 Å². The summed E-state index contributed by atoms with van der Waals surface area (Å²) in [6.07, 6.45) is 15.5. The number of benzene rings is 1. The molecule has 1 atom stereocenters.